The zero-order chi connectivity index (χ0) is 14.3. The Kier molecular flexibility index (Phi) is 13.4. The molecule has 0 aromatic rings. The Morgan fingerprint density at radius 3 is 2.05 bits per heavy atom. The number of oxime groups is 1. The van der Waals surface area contributed by atoms with Crippen LogP contribution in [0.15, 0.2) is 5.16 Å². The standard InChI is InChI=1S/C9H18N2O.C6H15N/c1-2-3-6-11-7-4-9(10-12)5-8-11;1-3-5-7-6-4-2/h12H,2-8H2,1H3;7H,3-6H2,1-2H3. The van der Waals surface area contributed by atoms with E-state index in [1.807, 2.05) is 0 Å². The molecule has 0 aliphatic carbocycles. The van der Waals surface area contributed by atoms with Crippen LogP contribution in [0.5, 0.6) is 0 Å². The number of piperidine rings is 1. The Bertz CT molecular complexity index is 205. The number of nitrogens with zero attached hydrogens (tertiary/aromatic N) is 2. The van der Waals surface area contributed by atoms with E-state index in [0.717, 1.165) is 31.6 Å². The topological polar surface area (TPSA) is 47.9 Å². The molecule has 1 rings (SSSR count). The van der Waals surface area contributed by atoms with E-state index >= 15 is 0 Å². The molecule has 0 aromatic carbocycles. The van der Waals surface area contributed by atoms with Gasteiger partial charge in [-0.05, 0) is 38.9 Å². The van der Waals surface area contributed by atoms with Gasteiger partial charge in [-0.3, -0.25) is 0 Å². The molecule has 0 unspecified atom stereocenters. The van der Waals surface area contributed by atoms with Crippen molar-refractivity contribution < 1.29 is 5.21 Å². The molecular formula is C15H33N3O. The fraction of sp³-hybridized carbons (Fsp3) is 0.933. The number of rotatable bonds is 7. The molecule has 2 N–H and O–H groups in total. The second-order valence-corrected chi connectivity index (χ2v) is 5.11. The van der Waals surface area contributed by atoms with Crippen LogP contribution < -0.4 is 5.32 Å². The van der Waals surface area contributed by atoms with E-state index < -0.39 is 0 Å². The number of likely N-dealkylation sites (tertiary alicyclic amines) is 1. The quantitative estimate of drug-likeness (QED) is 0.425. The summed E-state index contributed by atoms with van der Waals surface area (Å²) < 4.78 is 0. The number of hydrogen-bond acceptors (Lipinski definition) is 4. The summed E-state index contributed by atoms with van der Waals surface area (Å²) in [5.74, 6) is 0. The van der Waals surface area contributed by atoms with Crippen molar-refractivity contribution in [3.05, 3.63) is 0 Å². The number of unbranched alkanes of at least 4 members (excludes halogenated alkanes) is 1. The average molecular weight is 271 g/mol. The second kappa shape index (κ2) is 13.8. The lowest BCUT2D eigenvalue weighted by molar-refractivity contribution is 0.260. The molecule has 0 amide bonds. The van der Waals surface area contributed by atoms with Gasteiger partial charge in [0.1, 0.15) is 0 Å². The van der Waals surface area contributed by atoms with Crippen LogP contribution in [0.1, 0.15) is 59.3 Å². The molecule has 1 aliphatic heterocycles. The first-order valence-electron chi connectivity index (χ1n) is 7.91. The van der Waals surface area contributed by atoms with Gasteiger partial charge in [0.25, 0.3) is 0 Å². The fourth-order valence-corrected chi connectivity index (χ4v) is 2.00. The Hall–Kier alpha value is -0.610. The summed E-state index contributed by atoms with van der Waals surface area (Å²) >= 11 is 0. The predicted octanol–water partition coefficient (Wildman–Crippen LogP) is 3.11. The second-order valence-electron chi connectivity index (χ2n) is 5.11. The predicted molar refractivity (Wildman–Crippen MR) is 83.3 cm³/mol. The molecule has 1 aliphatic rings. The molecule has 0 aromatic heterocycles. The van der Waals surface area contributed by atoms with Gasteiger partial charge in [-0.2, -0.15) is 0 Å². The van der Waals surface area contributed by atoms with Crippen molar-refractivity contribution in [1.82, 2.24) is 10.2 Å². The summed E-state index contributed by atoms with van der Waals surface area (Å²) in [5.41, 5.74) is 0.961. The SMILES string of the molecule is CCCCN1CCC(=NO)CC1.CCCNCCC. The Morgan fingerprint density at radius 1 is 1.05 bits per heavy atom. The summed E-state index contributed by atoms with van der Waals surface area (Å²) in [5, 5.41) is 15.1. The molecule has 4 nitrogen and oxygen atoms in total. The van der Waals surface area contributed by atoms with Crippen LogP contribution in [0.2, 0.25) is 0 Å². The Balaban J connectivity index is 0.000000399. The normalized spacial score (nSPS) is 15.8. The lowest BCUT2D eigenvalue weighted by Crippen LogP contribution is -2.34. The first-order valence-corrected chi connectivity index (χ1v) is 7.91. The van der Waals surface area contributed by atoms with Crippen molar-refractivity contribution in [1.29, 1.82) is 0 Å². The van der Waals surface area contributed by atoms with Crippen LogP contribution in [0.4, 0.5) is 0 Å². The molecular weight excluding hydrogens is 238 g/mol. The van der Waals surface area contributed by atoms with Gasteiger partial charge in [-0.15, -0.1) is 0 Å². The van der Waals surface area contributed by atoms with Gasteiger partial charge in [0, 0.05) is 25.9 Å². The highest BCUT2D eigenvalue weighted by Crippen LogP contribution is 2.07. The minimum absolute atomic E-state index is 0.945. The summed E-state index contributed by atoms with van der Waals surface area (Å²) in [7, 11) is 0. The summed E-state index contributed by atoms with van der Waals surface area (Å²) in [6, 6.07) is 0. The molecule has 0 saturated carbocycles. The van der Waals surface area contributed by atoms with E-state index in [2.05, 4.69) is 36.1 Å². The molecule has 0 bridgehead atoms. The molecule has 19 heavy (non-hydrogen) atoms. The van der Waals surface area contributed by atoms with Crippen LogP contribution in [0, 0.1) is 0 Å². The van der Waals surface area contributed by atoms with Crippen molar-refractivity contribution in [2.24, 2.45) is 5.16 Å². The van der Waals surface area contributed by atoms with Crippen LogP contribution in [-0.4, -0.2) is 48.5 Å². The first kappa shape index (κ1) is 18.4. The van der Waals surface area contributed by atoms with E-state index in [1.54, 1.807) is 0 Å². The molecule has 1 fully saturated rings. The molecule has 1 heterocycles. The zero-order valence-electron chi connectivity index (χ0n) is 13.1. The van der Waals surface area contributed by atoms with E-state index in [4.69, 9.17) is 5.21 Å². The maximum Gasteiger partial charge on any atom is 0.0596 e. The molecule has 114 valence electrons. The lowest BCUT2D eigenvalue weighted by Gasteiger charge is -2.26. The maximum atomic E-state index is 8.52. The zero-order valence-corrected chi connectivity index (χ0v) is 13.1. The highest BCUT2D eigenvalue weighted by molar-refractivity contribution is 5.84. The molecule has 0 spiro atoms. The van der Waals surface area contributed by atoms with Gasteiger partial charge in [-0.25, -0.2) is 0 Å². The summed E-state index contributed by atoms with van der Waals surface area (Å²) in [6.45, 7) is 12.3. The highest BCUT2D eigenvalue weighted by atomic mass is 16.4. The third-order valence-electron chi connectivity index (χ3n) is 3.26. The minimum atomic E-state index is 0.945. The van der Waals surface area contributed by atoms with Gasteiger partial charge >= 0.3 is 0 Å². The molecule has 4 heteroatoms. The third kappa shape index (κ3) is 11.0. The van der Waals surface area contributed by atoms with Crippen LogP contribution in [-0.2, 0) is 0 Å². The van der Waals surface area contributed by atoms with Gasteiger partial charge in [0.05, 0.1) is 5.71 Å². The van der Waals surface area contributed by atoms with Crippen molar-refractivity contribution in [3.8, 4) is 0 Å². The minimum Gasteiger partial charge on any atom is -0.411 e. The molecule has 1 saturated heterocycles. The van der Waals surface area contributed by atoms with Crippen LogP contribution >= 0.6 is 0 Å². The van der Waals surface area contributed by atoms with Crippen molar-refractivity contribution in [3.63, 3.8) is 0 Å². The van der Waals surface area contributed by atoms with Gasteiger partial charge in [0.15, 0.2) is 0 Å². The van der Waals surface area contributed by atoms with E-state index in [0.29, 0.717) is 0 Å². The monoisotopic (exact) mass is 271 g/mol. The summed E-state index contributed by atoms with van der Waals surface area (Å²) in [4.78, 5) is 2.44. The van der Waals surface area contributed by atoms with Gasteiger partial charge in [0.2, 0.25) is 0 Å². The maximum absolute atomic E-state index is 8.52. The Morgan fingerprint density at radius 2 is 1.63 bits per heavy atom. The van der Waals surface area contributed by atoms with Gasteiger partial charge < -0.3 is 15.4 Å². The van der Waals surface area contributed by atoms with Crippen molar-refractivity contribution in [2.75, 3.05) is 32.7 Å². The fourth-order valence-electron chi connectivity index (χ4n) is 2.00. The van der Waals surface area contributed by atoms with Crippen LogP contribution in [0.25, 0.3) is 0 Å². The summed E-state index contributed by atoms with van der Waals surface area (Å²) in [6.07, 6.45) is 6.93. The highest BCUT2D eigenvalue weighted by Gasteiger charge is 2.13. The van der Waals surface area contributed by atoms with E-state index in [-0.39, 0.29) is 0 Å². The number of nitrogens with one attached hydrogen (secondary N) is 1. The van der Waals surface area contributed by atoms with E-state index in [9.17, 15) is 0 Å². The molecule has 0 radical (unpaired) electrons. The first-order chi connectivity index (χ1) is 9.28. The van der Waals surface area contributed by atoms with Crippen LogP contribution in [0.3, 0.4) is 0 Å². The average Bonchev–Trinajstić information content (AvgIpc) is 2.47. The smallest absolute Gasteiger partial charge is 0.0596 e. The van der Waals surface area contributed by atoms with Crippen molar-refractivity contribution >= 4 is 5.71 Å². The number of hydrogen-bond donors (Lipinski definition) is 2. The van der Waals surface area contributed by atoms with E-state index in [1.165, 1.54) is 45.3 Å². The Labute approximate surface area is 119 Å². The van der Waals surface area contributed by atoms with Crippen molar-refractivity contribution in [2.45, 2.75) is 59.3 Å². The molecule has 0 atom stereocenters. The largest absolute Gasteiger partial charge is 0.411 e. The lowest BCUT2D eigenvalue weighted by atomic mass is 10.1. The van der Waals surface area contributed by atoms with Gasteiger partial charge in [-0.1, -0.05) is 32.3 Å². The third-order valence-corrected chi connectivity index (χ3v) is 3.26.